The van der Waals surface area contributed by atoms with Gasteiger partial charge in [0.15, 0.2) is 5.82 Å². The minimum Gasteiger partial charge on any atom is -0.320 e. The molecule has 0 aliphatic heterocycles. The van der Waals surface area contributed by atoms with Gasteiger partial charge >= 0.3 is 0 Å². The van der Waals surface area contributed by atoms with Crippen molar-refractivity contribution >= 4 is 36.5 Å². The van der Waals surface area contributed by atoms with E-state index in [2.05, 4.69) is 20.6 Å². The van der Waals surface area contributed by atoms with Crippen LogP contribution in [-0.4, -0.2) is 54.8 Å². The molecule has 8 heteroatoms. The Morgan fingerprint density at radius 3 is 2.70 bits per heavy atom. The topological polar surface area (TPSA) is 62.2 Å². The van der Waals surface area contributed by atoms with Gasteiger partial charge in [0.1, 0.15) is 0 Å². The van der Waals surface area contributed by atoms with E-state index in [9.17, 15) is 4.79 Å². The molecule has 1 aromatic rings. The first-order valence-corrected chi connectivity index (χ1v) is 6.24. The van der Waals surface area contributed by atoms with Gasteiger partial charge in [0.25, 0.3) is 0 Å². The Morgan fingerprint density at radius 1 is 1.40 bits per heavy atom. The van der Waals surface area contributed by atoms with Crippen LogP contribution in [0, 0.1) is 0 Å². The van der Waals surface area contributed by atoms with E-state index in [1.165, 1.54) is 0 Å². The molecule has 118 valence electrons. The van der Waals surface area contributed by atoms with Crippen molar-refractivity contribution in [1.29, 1.82) is 0 Å². The van der Waals surface area contributed by atoms with Gasteiger partial charge in [-0.3, -0.25) is 9.48 Å². The average molecular weight is 326 g/mol. The quantitative estimate of drug-likeness (QED) is 0.706. The van der Waals surface area contributed by atoms with Crippen LogP contribution in [0.2, 0.25) is 0 Å². The number of rotatable bonds is 8. The predicted octanol–water partition coefficient (Wildman–Crippen LogP) is 1.23. The monoisotopic (exact) mass is 325 g/mol. The highest BCUT2D eigenvalue weighted by Gasteiger charge is 2.04. The summed E-state index contributed by atoms with van der Waals surface area (Å²) in [4.78, 5) is 13.7. The number of nitrogens with zero attached hydrogens (tertiary/aromatic N) is 3. The lowest BCUT2D eigenvalue weighted by atomic mass is 10.3. The number of carbonyl (C=O) groups is 1. The van der Waals surface area contributed by atoms with Crippen molar-refractivity contribution < 1.29 is 4.79 Å². The summed E-state index contributed by atoms with van der Waals surface area (Å²) in [7, 11) is 5.92. The van der Waals surface area contributed by atoms with E-state index in [1.54, 1.807) is 0 Å². The molecule has 0 aromatic carbocycles. The van der Waals surface area contributed by atoms with E-state index in [1.807, 2.05) is 38.1 Å². The molecule has 0 saturated carbocycles. The number of anilines is 1. The molecule has 0 aliphatic rings. The summed E-state index contributed by atoms with van der Waals surface area (Å²) in [6, 6.07) is 1.83. The normalized spacial score (nSPS) is 9.80. The molecule has 1 heterocycles. The zero-order valence-electron chi connectivity index (χ0n) is 12.3. The van der Waals surface area contributed by atoms with E-state index >= 15 is 0 Å². The third-order valence-corrected chi connectivity index (χ3v) is 2.52. The van der Waals surface area contributed by atoms with Crippen LogP contribution in [-0.2, 0) is 11.3 Å². The number of amides is 1. The average Bonchev–Trinajstić information content (AvgIpc) is 2.74. The molecule has 0 fully saturated rings. The Kier molecular flexibility index (Phi) is 12.8. The molecule has 0 spiro atoms. The minimum absolute atomic E-state index is 0. The van der Waals surface area contributed by atoms with E-state index in [0.29, 0.717) is 12.2 Å². The summed E-state index contributed by atoms with van der Waals surface area (Å²) in [5, 5.41) is 10.1. The third kappa shape index (κ3) is 9.14. The maximum Gasteiger partial charge on any atom is 0.225 e. The number of likely N-dealkylation sites (N-methyl/N-ethyl adjacent to an activating group) is 1. The largest absolute Gasteiger partial charge is 0.320 e. The van der Waals surface area contributed by atoms with Gasteiger partial charge in [-0.05, 0) is 34.1 Å². The van der Waals surface area contributed by atoms with E-state index in [-0.39, 0.29) is 30.7 Å². The van der Waals surface area contributed by atoms with Crippen molar-refractivity contribution in [2.24, 2.45) is 0 Å². The zero-order chi connectivity index (χ0) is 13.4. The van der Waals surface area contributed by atoms with Gasteiger partial charge < -0.3 is 15.5 Å². The first kappa shape index (κ1) is 21.5. The Hall–Kier alpha value is -0.820. The highest BCUT2D eigenvalue weighted by atomic mass is 35.5. The third-order valence-electron chi connectivity index (χ3n) is 2.52. The zero-order valence-corrected chi connectivity index (χ0v) is 13.9. The molecular weight excluding hydrogens is 301 g/mol. The van der Waals surface area contributed by atoms with E-state index in [4.69, 9.17) is 0 Å². The van der Waals surface area contributed by atoms with Crippen molar-refractivity contribution in [1.82, 2.24) is 20.0 Å². The lowest BCUT2D eigenvalue weighted by molar-refractivity contribution is -0.116. The minimum atomic E-state index is 0. The van der Waals surface area contributed by atoms with Crippen LogP contribution in [0.1, 0.15) is 12.8 Å². The standard InChI is InChI=1S/C12H23N5O.2ClH/c1-13-7-4-5-12(18)14-11-6-8-17(15-11)10-9-16(2)3;;/h6,8,13H,4-5,7,9-10H2,1-3H3,(H,14,15,18);2*1H. The molecule has 6 nitrogen and oxygen atoms in total. The Bertz CT molecular complexity index is 370. The van der Waals surface area contributed by atoms with Crippen LogP contribution in [0.25, 0.3) is 0 Å². The molecule has 20 heavy (non-hydrogen) atoms. The summed E-state index contributed by atoms with van der Waals surface area (Å²) < 4.78 is 1.84. The summed E-state index contributed by atoms with van der Waals surface area (Å²) in [5.74, 6) is 0.645. The maximum absolute atomic E-state index is 11.6. The number of aromatic nitrogens is 2. The van der Waals surface area contributed by atoms with Crippen LogP contribution in [0.15, 0.2) is 12.3 Å². The molecule has 0 atom stereocenters. The molecule has 0 unspecified atom stereocenters. The van der Waals surface area contributed by atoms with E-state index in [0.717, 1.165) is 26.1 Å². The second kappa shape index (κ2) is 12.0. The molecular formula is C12H25Cl2N5O. The van der Waals surface area contributed by atoms with Gasteiger partial charge in [0, 0.05) is 25.2 Å². The van der Waals surface area contributed by atoms with Crippen molar-refractivity contribution in [2.45, 2.75) is 19.4 Å². The smallest absolute Gasteiger partial charge is 0.225 e. The van der Waals surface area contributed by atoms with Crippen LogP contribution >= 0.6 is 24.8 Å². The first-order valence-electron chi connectivity index (χ1n) is 6.24. The Balaban J connectivity index is 0. The molecule has 0 bridgehead atoms. The van der Waals surface area contributed by atoms with Gasteiger partial charge in [0.2, 0.25) is 5.91 Å². The molecule has 2 N–H and O–H groups in total. The molecule has 0 radical (unpaired) electrons. The van der Waals surface area contributed by atoms with Gasteiger partial charge in [0.05, 0.1) is 6.54 Å². The fraction of sp³-hybridized carbons (Fsp3) is 0.667. The second-order valence-electron chi connectivity index (χ2n) is 4.52. The SMILES string of the molecule is CNCCCC(=O)Nc1ccn(CCN(C)C)n1.Cl.Cl. The van der Waals surface area contributed by atoms with Gasteiger partial charge in [-0.15, -0.1) is 24.8 Å². The van der Waals surface area contributed by atoms with Gasteiger partial charge in [-0.1, -0.05) is 0 Å². The fourth-order valence-electron chi connectivity index (χ4n) is 1.49. The molecule has 1 aromatic heterocycles. The Labute approximate surface area is 133 Å². The highest BCUT2D eigenvalue weighted by molar-refractivity contribution is 5.89. The summed E-state index contributed by atoms with van der Waals surface area (Å²) in [5.41, 5.74) is 0. The maximum atomic E-state index is 11.6. The second-order valence-corrected chi connectivity index (χ2v) is 4.52. The number of halogens is 2. The summed E-state index contributed by atoms with van der Waals surface area (Å²) in [6.45, 7) is 2.60. The molecule has 1 amide bonds. The van der Waals surface area contributed by atoms with Gasteiger partial charge in [-0.2, -0.15) is 5.10 Å². The van der Waals surface area contributed by atoms with E-state index < -0.39 is 0 Å². The lowest BCUT2D eigenvalue weighted by Crippen LogP contribution is -2.19. The number of hydrogen-bond donors (Lipinski definition) is 2. The van der Waals surface area contributed by atoms with Crippen molar-refractivity contribution in [3.8, 4) is 0 Å². The van der Waals surface area contributed by atoms with Crippen LogP contribution in [0.3, 0.4) is 0 Å². The molecule has 0 saturated heterocycles. The van der Waals surface area contributed by atoms with Crippen LogP contribution in [0.5, 0.6) is 0 Å². The number of carbonyl (C=O) groups excluding carboxylic acids is 1. The van der Waals surface area contributed by atoms with Gasteiger partial charge in [-0.25, -0.2) is 0 Å². The lowest BCUT2D eigenvalue weighted by Gasteiger charge is -2.08. The molecule has 1 rings (SSSR count). The molecule has 0 aliphatic carbocycles. The number of hydrogen-bond acceptors (Lipinski definition) is 4. The van der Waals surface area contributed by atoms with Crippen LogP contribution in [0.4, 0.5) is 5.82 Å². The highest BCUT2D eigenvalue weighted by Crippen LogP contribution is 2.03. The first-order chi connectivity index (χ1) is 8.61. The predicted molar refractivity (Wildman–Crippen MR) is 87.1 cm³/mol. The van der Waals surface area contributed by atoms with Crippen LogP contribution < -0.4 is 10.6 Å². The van der Waals surface area contributed by atoms with Crippen molar-refractivity contribution in [3.05, 3.63) is 12.3 Å². The van der Waals surface area contributed by atoms with Crippen molar-refractivity contribution in [2.75, 3.05) is 39.5 Å². The van der Waals surface area contributed by atoms with Crippen molar-refractivity contribution in [3.63, 3.8) is 0 Å². The fourth-order valence-corrected chi connectivity index (χ4v) is 1.49. The summed E-state index contributed by atoms with van der Waals surface area (Å²) in [6.07, 6.45) is 3.24. The summed E-state index contributed by atoms with van der Waals surface area (Å²) >= 11 is 0. The Morgan fingerprint density at radius 2 is 2.10 bits per heavy atom. The number of nitrogens with one attached hydrogen (secondary N) is 2.